The molecule has 0 saturated heterocycles. The van der Waals surface area contributed by atoms with Crippen molar-refractivity contribution in [1.82, 2.24) is 0 Å². The molecule has 1 amide bonds. The zero-order valence-electron chi connectivity index (χ0n) is 11.6. The molecule has 19 heavy (non-hydrogen) atoms. The molecule has 2 rings (SSSR count). The number of amides is 1. The number of nitrogens with two attached hydrogens (primary N) is 1. The molecule has 5 nitrogen and oxygen atoms in total. The Labute approximate surface area is 113 Å². The third-order valence-corrected chi connectivity index (χ3v) is 3.18. The van der Waals surface area contributed by atoms with Crippen LogP contribution in [0.3, 0.4) is 0 Å². The Hall–Kier alpha value is -1.59. The molecule has 2 N–H and O–H groups in total. The second kappa shape index (κ2) is 5.59. The fourth-order valence-corrected chi connectivity index (χ4v) is 2.14. The molecule has 5 heteroatoms. The van der Waals surface area contributed by atoms with Gasteiger partial charge < -0.3 is 15.2 Å². The van der Waals surface area contributed by atoms with E-state index in [1.165, 1.54) is 0 Å². The molecule has 0 radical (unpaired) electrons. The van der Waals surface area contributed by atoms with Crippen LogP contribution in [0.5, 0.6) is 5.75 Å². The number of benzene rings is 1. The molecular formula is C14H20N2O3. The SMILES string of the molecule is COCN1C(=O)C(C(C)C)Oc2ccc(CN)cc21. The Morgan fingerprint density at radius 3 is 2.79 bits per heavy atom. The van der Waals surface area contributed by atoms with Crippen LogP contribution in [0.15, 0.2) is 18.2 Å². The van der Waals surface area contributed by atoms with E-state index in [0.29, 0.717) is 12.3 Å². The van der Waals surface area contributed by atoms with E-state index in [0.717, 1.165) is 11.3 Å². The molecule has 0 spiro atoms. The Balaban J connectivity index is 2.43. The summed E-state index contributed by atoms with van der Waals surface area (Å²) in [6.45, 7) is 4.57. The average molecular weight is 264 g/mol. The molecule has 1 atom stereocenters. The molecule has 1 aliphatic heterocycles. The Kier molecular flexibility index (Phi) is 4.07. The average Bonchev–Trinajstić information content (AvgIpc) is 2.40. The number of methoxy groups -OCH3 is 1. The lowest BCUT2D eigenvalue weighted by atomic mass is 10.0. The van der Waals surface area contributed by atoms with Crippen molar-refractivity contribution < 1.29 is 14.3 Å². The van der Waals surface area contributed by atoms with E-state index in [1.54, 1.807) is 12.0 Å². The van der Waals surface area contributed by atoms with Gasteiger partial charge in [-0.25, -0.2) is 0 Å². The van der Waals surface area contributed by atoms with Crippen LogP contribution in [0.1, 0.15) is 19.4 Å². The number of nitrogens with zero attached hydrogens (tertiary/aromatic N) is 1. The topological polar surface area (TPSA) is 64.8 Å². The lowest BCUT2D eigenvalue weighted by Crippen LogP contribution is -2.49. The highest BCUT2D eigenvalue weighted by Crippen LogP contribution is 2.36. The molecule has 0 saturated carbocycles. The minimum absolute atomic E-state index is 0.0708. The first-order valence-corrected chi connectivity index (χ1v) is 6.38. The minimum Gasteiger partial charge on any atom is -0.478 e. The van der Waals surface area contributed by atoms with Gasteiger partial charge in [0.1, 0.15) is 12.5 Å². The second-order valence-corrected chi connectivity index (χ2v) is 4.97. The van der Waals surface area contributed by atoms with Gasteiger partial charge in [-0.1, -0.05) is 19.9 Å². The summed E-state index contributed by atoms with van der Waals surface area (Å²) in [5, 5.41) is 0. The summed E-state index contributed by atoms with van der Waals surface area (Å²) in [7, 11) is 1.57. The van der Waals surface area contributed by atoms with Gasteiger partial charge in [-0.05, 0) is 23.6 Å². The van der Waals surface area contributed by atoms with E-state index < -0.39 is 6.10 Å². The van der Waals surface area contributed by atoms with E-state index in [9.17, 15) is 4.79 Å². The van der Waals surface area contributed by atoms with Gasteiger partial charge >= 0.3 is 0 Å². The molecular weight excluding hydrogens is 244 g/mol. The van der Waals surface area contributed by atoms with E-state index in [2.05, 4.69) is 0 Å². The van der Waals surface area contributed by atoms with E-state index in [4.69, 9.17) is 15.2 Å². The first kappa shape index (κ1) is 13.8. The van der Waals surface area contributed by atoms with Crippen LogP contribution in [0.2, 0.25) is 0 Å². The highest BCUT2D eigenvalue weighted by Gasteiger charge is 2.36. The number of ether oxygens (including phenoxy) is 2. The highest BCUT2D eigenvalue weighted by molar-refractivity contribution is 6.00. The summed E-state index contributed by atoms with van der Waals surface area (Å²) in [4.78, 5) is 14.0. The monoisotopic (exact) mass is 264 g/mol. The Morgan fingerprint density at radius 2 is 2.21 bits per heavy atom. The van der Waals surface area contributed by atoms with Crippen molar-refractivity contribution in [2.45, 2.75) is 26.5 Å². The van der Waals surface area contributed by atoms with E-state index in [-0.39, 0.29) is 18.6 Å². The smallest absolute Gasteiger partial charge is 0.270 e. The maximum Gasteiger partial charge on any atom is 0.270 e. The molecule has 1 aliphatic rings. The highest BCUT2D eigenvalue weighted by atomic mass is 16.5. The molecule has 1 unspecified atom stereocenters. The molecule has 104 valence electrons. The van der Waals surface area contributed by atoms with Crippen LogP contribution in [0, 0.1) is 5.92 Å². The number of carbonyl (C=O) groups excluding carboxylic acids is 1. The molecule has 1 aromatic carbocycles. The largest absolute Gasteiger partial charge is 0.478 e. The number of carbonyl (C=O) groups is 1. The van der Waals surface area contributed by atoms with Crippen molar-refractivity contribution >= 4 is 11.6 Å². The second-order valence-electron chi connectivity index (χ2n) is 4.97. The quantitative estimate of drug-likeness (QED) is 0.895. The van der Waals surface area contributed by atoms with E-state index in [1.807, 2.05) is 32.0 Å². The predicted molar refractivity (Wildman–Crippen MR) is 72.9 cm³/mol. The normalized spacial score (nSPS) is 18.5. The fourth-order valence-electron chi connectivity index (χ4n) is 2.14. The first-order chi connectivity index (χ1) is 9.08. The maximum atomic E-state index is 12.4. The lowest BCUT2D eigenvalue weighted by Gasteiger charge is -2.35. The summed E-state index contributed by atoms with van der Waals surface area (Å²) in [5.74, 6) is 0.736. The van der Waals surface area contributed by atoms with Crippen molar-refractivity contribution in [3.63, 3.8) is 0 Å². The van der Waals surface area contributed by atoms with Gasteiger partial charge in [0.05, 0.1) is 5.69 Å². The summed E-state index contributed by atoms with van der Waals surface area (Å²) in [5.41, 5.74) is 7.32. The first-order valence-electron chi connectivity index (χ1n) is 6.38. The van der Waals surface area contributed by atoms with Crippen LogP contribution in [-0.4, -0.2) is 25.9 Å². The minimum atomic E-state index is -0.466. The van der Waals surface area contributed by atoms with Gasteiger partial charge in [-0.3, -0.25) is 9.69 Å². The van der Waals surface area contributed by atoms with Crippen molar-refractivity contribution in [1.29, 1.82) is 0 Å². The molecule has 0 aromatic heterocycles. The van der Waals surface area contributed by atoms with Crippen LogP contribution in [0.4, 0.5) is 5.69 Å². The van der Waals surface area contributed by atoms with Crippen molar-refractivity contribution in [2.24, 2.45) is 11.7 Å². The van der Waals surface area contributed by atoms with Crippen LogP contribution in [0.25, 0.3) is 0 Å². The summed E-state index contributed by atoms with van der Waals surface area (Å²) in [6, 6.07) is 5.65. The van der Waals surface area contributed by atoms with Gasteiger partial charge in [-0.2, -0.15) is 0 Å². The third-order valence-electron chi connectivity index (χ3n) is 3.18. The standard InChI is InChI=1S/C14H20N2O3/c1-9(2)13-14(17)16(8-18-3)11-6-10(7-15)4-5-12(11)19-13/h4-6,9,13H,7-8,15H2,1-3H3. The van der Waals surface area contributed by atoms with Crippen molar-refractivity contribution in [3.8, 4) is 5.75 Å². The zero-order chi connectivity index (χ0) is 14.0. The summed E-state index contributed by atoms with van der Waals surface area (Å²) in [6.07, 6.45) is -0.466. The molecule has 0 bridgehead atoms. The maximum absolute atomic E-state index is 12.4. The van der Waals surface area contributed by atoms with Crippen molar-refractivity contribution in [3.05, 3.63) is 23.8 Å². The van der Waals surface area contributed by atoms with Crippen LogP contribution >= 0.6 is 0 Å². The summed E-state index contributed by atoms with van der Waals surface area (Å²) >= 11 is 0. The molecule has 1 heterocycles. The number of hydrogen-bond donors (Lipinski definition) is 1. The Morgan fingerprint density at radius 1 is 1.47 bits per heavy atom. The van der Waals surface area contributed by atoms with Crippen LogP contribution in [-0.2, 0) is 16.1 Å². The van der Waals surface area contributed by atoms with Crippen LogP contribution < -0.4 is 15.4 Å². The van der Waals surface area contributed by atoms with Gasteiger partial charge in [0, 0.05) is 13.7 Å². The van der Waals surface area contributed by atoms with Gasteiger partial charge in [0.15, 0.2) is 6.10 Å². The van der Waals surface area contributed by atoms with E-state index >= 15 is 0 Å². The molecule has 0 fully saturated rings. The number of hydrogen-bond acceptors (Lipinski definition) is 4. The van der Waals surface area contributed by atoms with Crippen molar-refractivity contribution in [2.75, 3.05) is 18.7 Å². The van der Waals surface area contributed by atoms with Gasteiger partial charge in [0.2, 0.25) is 0 Å². The lowest BCUT2D eigenvalue weighted by molar-refractivity contribution is -0.129. The summed E-state index contributed by atoms with van der Waals surface area (Å²) < 4.78 is 10.9. The third kappa shape index (κ3) is 2.57. The predicted octanol–water partition coefficient (Wildman–Crippen LogP) is 1.50. The fraction of sp³-hybridized carbons (Fsp3) is 0.500. The molecule has 0 aliphatic carbocycles. The number of anilines is 1. The number of rotatable bonds is 4. The van der Waals surface area contributed by atoms with Gasteiger partial charge in [0.25, 0.3) is 5.91 Å². The molecule has 1 aromatic rings. The van der Waals surface area contributed by atoms with Gasteiger partial charge in [-0.15, -0.1) is 0 Å². The zero-order valence-corrected chi connectivity index (χ0v) is 11.6. The number of fused-ring (bicyclic) bond motifs is 1. The Bertz CT molecular complexity index is 474.